The molecule has 0 aliphatic carbocycles. The van der Waals surface area contributed by atoms with Crippen LogP contribution in [0.5, 0.6) is 0 Å². The number of carboxylic acids is 1. The lowest BCUT2D eigenvalue weighted by atomic mass is 9.98. The summed E-state index contributed by atoms with van der Waals surface area (Å²) in [6.45, 7) is 6.08. The molecule has 0 aliphatic heterocycles. The van der Waals surface area contributed by atoms with Crippen LogP contribution in [0.1, 0.15) is 54.4 Å². The number of imidazole rings is 1. The molecule has 0 radical (unpaired) electrons. The quantitative estimate of drug-likeness (QED) is 0.901. The summed E-state index contributed by atoms with van der Waals surface area (Å²) in [4.78, 5) is 16.0. The molecule has 18 heavy (non-hydrogen) atoms. The van der Waals surface area contributed by atoms with Crippen molar-refractivity contribution in [2.24, 2.45) is 0 Å². The molecular weight excluding hydrogens is 228 g/mol. The van der Waals surface area contributed by atoms with Crippen molar-refractivity contribution in [2.45, 2.75) is 39.5 Å². The molecule has 4 heteroatoms. The van der Waals surface area contributed by atoms with E-state index >= 15 is 0 Å². The zero-order chi connectivity index (χ0) is 13.3. The number of hydrogen-bond acceptors (Lipinski definition) is 2. The van der Waals surface area contributed by atoms with E-state index in [9.17, 15) is 9.90 Å². The minimum atomic E-state index is -0.907. The van der Waals surface area contributed by atoms with Crippen molar-refractivity contribution in [2.75, 3.05) is 0 Å². The summed E-state index contributed by atoms with van der Waals surface area (Å²) in [6.07, 6.45) is 3.64. The molecule has 0 atom stereocenters. The first kappa shape index (κ1) is 12.6. The average Bonchev–Trinajstić information content (AvgIpc) is 2.69. The van der Waals surface area contributed by atoms with E-state index in [1.54, 1.807) is 4.40 Å². The van der Waals surface area contributed by atoms with Gasteiger partial charge in [-0.3, -0.25) is 4.40 Å². The van der Waals surface area contributed by atoms with Gasteiger partial charge in [-0.05, 0) is 31.4 Å². The molecule has 2 heterocycles. The Bertz CT molecular complexity index is 583. The third kappa shape index (κ3) is 1.98. The molecule has 0 spiro atoms. The summed E-state index contributed by atoms with van der Waals surface area (Å²) in [5.41, 5.74) is 2.75. The van der Waals surface area contributed by atoms with Crippen molar-refractivity contribution in [1.82, 2.24) is 9.38 Å². The molecule has 0 saturated carbocycles. The van der Waals surface area contributed by atoms with E-state index in [1.165, 1.54) is 0 Å². The van der Waals surface area contributed by atoms with Gasteiger partial charge in [0, 0.05) is 12.1 Å². The first-order chi connectivity index (χ1) is 8.58. The maximum atomic E-state index is 11.5. The summed E-state index contributed by atoms with van der Waals surface area (Å²) in [7, 11) is 0. The van der Waals surface area contributed by atoms with Crippen LogP contribution >= 0.6 is 0 Å². The smallest absolute Gasteiger partial charge is 0.354 e. The van der Waals surface area contributed by atoms with Crippen LogP contribution in [0.15, 0.2) is 18.3 Å². The van der Waals surface area contributed by atoms with Gasteiger partial charge in [0.05, 0.1) is 5.69 Å². The van der Waals surface area contributed by atoms with Crippen molar-refractivity contribution in [3.8, 4) is 0 Å². The molecule has 4 nitrogen and oxygen atoms in total. The molecule has 0 aliphatic rings. The molecule has 2 aromatic rings. The van der Waals surface area contributed by atoms with Crippen LogP contribution in [0, 0.1) is 6.92 Å². The zero-order valence-corrected chi connectivity index (χ0v) is 11.0. The molecule has 1 N–H and O–H groups in total. The summed E-state index contributed by atoms with van der Waals surface area (Å²) in [5, 5.41) is 9.42. The summed E-state index contributed by atoms with van der Waals surface area (Å²) < 4.78 is 1.69. The second-order valence-corrected chi connectivity index (χ2v) is 4.60. The molecule has 2 rings (SSSR count). The zero-order valence-electron chi connectivity index (χ0n) is 11.0. The second-order valence-electron chi connectivity index (χ2n) is 4.60. The number of hydrogen-bond donors (Lipinski definition) is 1. The normalized spacial score (nSPS) is 11.3. The number of rotatable bonds is 4. The van der Waals surface area contributed by atoms with Gasteiger partial charge >= 0.3 is 5.97 Å². The Labute approximate surface area is 106 Å². The van der Waals surface area contributed by atoms with Crippen molar-refractivity contribution >= 4 is 11.6 Å². The Morgan fingerprint density at radius 2 is 2.06 bits per heavy atom. The number of carbonyl (C=O) groups is 1. The Morgan fingerprint density at radius 1 is 1.39 bits per heavy atom. The third-order valence-corrected chi connectivity index (χ3v) is 3.37. The summed E-state index contributed by atoms with van der Waals surface area (Å²) in [6, 6.07) is 3.82. The average molecular weight is 246 g/mol. The highest BCUT2D eigenvalue weighted by Crippen LogP contribution is 2.27. The third-order valence-electron chi connectivity index (χ3n) is 3.37. The van der Waals surface area contributed by atoms with E-state index in [0.717, 1.165) is 18.4 Å². The fourth-order valence-corrected chi connectivity index (χ4v) is 2.34. The van der Waals surface area contributed by atoms with E-state index in [4.69, 9.17) is 0 Å². The Kier molecular flexibility index (Phi) is 3.36. The number of aryl methyl sites for hydroxylation is 1. The maximum absolute atomic E-state index is 11.5. The molecule has 0 aromatic carbocycles. The molecule has 96 valence electrons. The predicted molar refractivity (Wildman–Crippen MR) is 70.2 cm³/mol. The number of nitrogens with zero attached hydrogens (tertiary/aromatic N) is 2. The lowest BCUT2D eigenvalue weighted by Crippen LogP contribution is -2.08. The van der Waals surface area contributed by atoms with Crippen molar-refractivity contribution < 1.29 is 9.90 Å². The minimum Gasteiger partial charge on any atom is -0.477 e. The number of carboxylic acid groups (broad SMARTS) is 1. The molecule has 2 aromatic heterocycles. The lowest BCUT2D eigenvalue weighted by Gasteiger charge is -2.10. The maximum Gasteiger partial charge on any atom is 0.354 e. The molecule has 0 unspecified atom stereocenters. The van der Waals surface area contributed by atoms with Crippen molar-refractivity contribution in [3.63, 3.8) is 0 Å². The highest BCUT2D eigenvalue weighted by atomic mass is 16.4. The molecular formula is C14H18N2O2. The van der Waals surface area contributed by atoms with E-state index < -0.39 is 5.97 Å². The number of aromatic carboxylic acids is 1. The molecule has 0 fully saturated rings. The van der Waals surface area contributed by atoms with Crippen LogP contribution < -0.4 is 0 Å². The van der Waals surface area contributed by atoms with Crippen LogP contribution in [-0.4, -0.2) is 20.5 Å². The fraction of sp³-hybridized carbons (Fsp3) is 0.429. The predicted octanol–water partition coefficient (Wildman–Crippen LogP) is 3.24. The standard InChI is InChI=1S/C14H18N2O2/c1-4-10(5-2)12-13(14(17)18)16-8-9(3)6-7-11(16)15-12/h6-8,10H,4-5H2,1-3H3,(H,17,18). The molecule has 0 saturated heterocycles. The van der Waals surface area contributed by atoms with Crippen molar-refractivity contribution in [1.29, 1.82) is 0 Å². The van der Waals surface area contributed by atoms with Gasteiger partial charge in [-0.15, -0.1) is 0 Å². The highest BCUT2D eigenvalue weighted by Gasteiger charge is 2.23. The highest BCUT2D eigenvalue weighted by molar-refractivity contribution is 5.88. The van der Waals surface area contributed by atoms with E-state index in [-0.39, 0.29) is 5.92 Å². The van der Waals surface area contributed by atoms with Crippen molar-refractivity contribution in [3.05, 3.63) is 35.3 Å². The monoisotopic (exact) mass is 246 g/mol. The van der Waals surface area contributed by atoms with Crippen LogP contribution in [0.25, 0.3) is 5.65 Å². The largest absolute Gasteiger partial charge is 0.477 e. The number of aromatic nitrogens is 2. The van der Waals surface area contributed by atoms with Crippen LogP contribution in [0.3, 0.4) is 0 Å². The van der Waals surface area contributed by atoms with Gasteiger partial charge in [0.15, 0.2) is 5.69 Å². The number of fused-ring (bicyclic) bond motifs is 1. The second kappa shape index (κ2) is 4.80. The molecule has 0 amide bonds. The Balaban J connectivity index is 2.73. The molecule has 0 bridgehead atoms. The fourth-order valence-electron chi connectivity index (χ4n) is 2.34. The minimum absolute atomic E-state index is 0.205. The lowest BCUT2D eigenvalue weighted by molar-refractivity contribution is 0.0687. The van der Waals surface area contributed by atoms with Gasteiger partial charge in [0.1, 0.15) is 5.65 Å². The van der Waals surface area contributed by atoms with E-state index in [0.29, 0.717) is 17.0 Å². The van der Waals surface area contributed by atoms with E-state index in [1.807, 2.05) is 25.3 Å². The topological polar surface area (TPSA) is 54.6 Å². The van der Waals surface area contributed by atoms with Crippen LogP contribution in [0.2, 0.25) is 0 Å². The van der Waals surface area contributed by atoms with Gasteiger partial charge in [0.2, 0.25) is 0 Å². The number of pyridine rings is 1. The van der Waals surface area contributed by atoms with E-state index in [2.05, 4.69) is 18.8 Å². The van der Waals surface area contributed by atoms with Gasteiger partial charge in [0.25, 0.3) is 0 Å². The van der Waals surface area contributed by atoms with Gasteiger partial charge < -0.3 is 5.11 Å². The first-order valence-electron chi connectivity index (χ1n) is 6.30. The van der Waals surface area contributed by atoms with Gasteiger partial charge in [-0.1, -0.05) is 19.9 Å². The van der Waals surface area contributed by atoms with Gasteiger partial charge in [-0.2, -0.15) is 0 Å². The Hall–Kier alpha value is -1.84. The van der Waals surface area contributed by atoms with Crippen LogP contribution in [0.4, 0.5) is 0 Å². The Morgan fingerprint density at radius 3 is 2.61 bits per heavy atom. The summed E-state index contributed by atoms with van der Waals surface area (Å²) >= 11 is 0. The summed E-state index contributed by atoms with van der Waals surface area (Å²) in [5.74, 6) is -0.702. The van der Waals surface area contributed by atoms with Crippen LogP contribution in [-0.2, 0) is 0 Å². The SMILES string of the molecule is CCC(CC)c1nc2ccc(C)cn2c1C(=O)O. The van der Waals surface area contributed by atoms with Gasteiger partial charge in [-0.25, -0.2) is 9.78 Å². The first-order valence-corrected chi connectivity index (χ1v) is 6.30.